The molecule has 2 atom stereocenters. The van der Waals surface area contributed by atoms with Crippen LogP contribution in [0.3, 0.4) is 0 Å². The van der Waals surface area contributed by atoms with Gasteiger partial charge in [0.2, 0.25) is 0 Å². The summed E-state index contributed by atoms with van der Waals surface area (Å²) in [6.45, 7) is 10.1. The maximum atomic E-state index is 10.8. The summed E-state index contributed by atoms with van der Waals surface area (Å²) in [6, 6.07) is 24.2. The lowest BCUT2D eigenvalue weighted by Gasteiger charge is -2.43. The minimum absolute atomic E-state index is 0.203. The van der Waals surface area contributed by atoms with Crippen molar-refractivity contribution in [2.45, 2.75) is 64.7 Å². The van der Waals surface area contributed by atoms with Gasteiger partial charge in [-0.05, 0) is 69.7 Å². The lowest BCUT2D eigenvalue weighted by atomic mass is 10.00. The van der Waals surface area contributed by atoms with Gasteiger partial charge in [-0.2, -0.15) is 0 Å². The van der Waals surface area contributed by atoms with Gasteiger partial charge in [-0.25, -0.2) is 0 Å². The highest BCUT2D eigenvalue weighted by molar-refractivity contribution is 6.99. The second kappa shape index (κ2) is 13.4. The van der Waals surface area contributed by atoms with E-state index in [9.17, 15) is 20.4 Å². The van der Waals surface area contributed by atoms with Crippen LogP contribution in [0.5, 0.6) is 5.75 Å². The molecule has 3 aromatic rings. The van der Waals surface area contributed by atoms with Crippen LogP contribution in [-0.4, -0.2) is 48.1 Å². The van der Waals surface area contributed by atoms with Gasteiger partial charge >= 0.3 is 0 Å². The number of phenols is 1. The van der Waals surface area contributed by atoms with Crippen LogP contribution in [0.4, 0.5) is 0 Å². The van der Waals surface area contributed by atoms with Crippen molar-refractivity contribution in [3.05, 3.63) is 107 Å². The van der Waals surface area contributed by atoms with Crippen molar-refractivity contribution in [1.29, 1.82) is 0 Å². The average molecular weight is 547 g/mol. The van der Waals surface area contributed by atoms with Crippen molar-refractivity contribution in [1.82, 2.24) is 0 Å². The van der Waals surface area contributed by atoms with Crippen molar-refractivity contribution < 1.29 is 24.9 Å². The normalized spacial score (nSPS) is 13.4. The molecule has 0 heterocycles. The Bertz CT molecular complexity index is 1210. The van der Waals surface area contributed by atoms with Crippen LogP contribution in [0, 0.1) is 13.8 Å². The zero-order chi connectivity index (χ0) is 28.6. The molecule has 5 nitrogen and oxygen atoms in total. The third kappa shape index (κ3) is 7.37. The van der Waals surface area contributed by atoms with Gasteiger partial charge in [0.05, 0.1) is 25.4 Å². The quantitative estimate of drug-likeness (QED) is 0.204. The van der Waals surface area contributed by atoms with Crippen LogP contribution in [0.1, 0.15) is 56.4 Å². The van der Waals surface area contributed by atoms with Gasteiger partial charge in [0, 0.05) is 12.8 Å². The lowest BCUT2D eigenvalue weighted by molar-refractivity contribution is 0.0933. The Morgan fingerprint density at radius 1 is 0.923 bits per heavy atom. The summed E-state index contributed by atoms with van der Waals surface area (Å²) in [7, 11) is -2.80. The van der Waals surface area contributed by atoms with Crippen LogP contribution < -0.4 is 10.4 Å². The van der Waals surface area contributed by atoms with Crippen molar-refractivity contribution in [3.8, 4) is 5.75 Å². The molecular formula is C33H42O5Si. The standard InChI is InChI=1S/C33H42O5Si/c1-24-19-27(20-25(2)32(24)37)31(36)18-12-13-26(21-28(35)22-34)23-38-39(33(3,4)5,29-14-8-6-9-15-29)30-16-10-7-11-17-30/h6-12,14-17,19-20,28,31,34-37H,18,21-23H2,1-5H3/t13?,28-,31-/m1/s1. The van der Waals surface area contributed by atoms with E-state index in [0.29, 0.717) is 17.5 Å². The molecule has 208 valence electrons. The van der Waals surface area contributed by atoms with Crippen LogP contribution >= 0.6 is 0 Å². The van der Waals surface area contributed by atoms with E-state index in [1.807, 2.05) is 50.2 Å². The molecule has 0 unspecified atom stereocenters. The molecule has 0 saturated heterocycles. The molecule has 0 aliphatic carbocycles. The molecule has 0 fully saturated rings. The van der Waals surface area contributed by atoms with Crippen LogP contribution in [0.2, 0.25) is 5.04 Å². The highest BCUT2D eigenvalue weighted by atomic mass is 28.4. The second-order valence-electron chi connectivity index (χ2n) is 11.2. The molecule has 3 aromatic carbocycles. The maximum Gasteiger partial charge on any atom is 0.261 e. The van der Waals surface area contributed by atoms with Gasteiger partial charge in [-0.15, -0.1) is 5.73 Å². The molecule has 0 aliphatic rings. The number of aromatic hydroxyl groups is 1. The summed E-state index contributed by atoms with van der Waals surface area (Å²) in [4.78, 5) is 0. The molecule has 0 spiro atoms. The topological polar surface area (TPSA) is 90.2 Å². The first-order chi connectivity index (χ1) is 18.5. The third-order valence-corrected chi connectivity index (χ3v) is 12.1. The van der Waals surface area contributed by atoms with E-state index in [1.165, 1.54) is 0 Å². The SMILES string of the molecule is Cc1cc([C@H](O)CC=C=C(CO[Si](c2ccccc2)(c2ccccc2)C(C)(C)C)C[C@@H](O)CO)cc(C)c1O. The number of benzene rings is 3. The third-order valence-electron chi connectivity index (χ3n) is 7.12. The van der Waals surface area contributed by atoms with Gasteiger partial charge < -0.3 is 24.9 Å². The van der Waals surface area contributed by atoms with Crippen LogP contribution in [0.15, 0.2) is 90.2 Å². The molecule has 0 bridgehead atoms. The van der Waals surface area contributed by atoms with Crippen molar-refractivity contribution in [2.75, 3.05) is 13.2 Å². The minimum Gasteiger partial charge on any atom is -0.507 e. The Kier molecular flexibility index (Phi) is 10.5. The predicted molar refractivity (Wildman–Crippen MR) is 160 cm³/mol. The predicted octanol–water partition coefficient (Wildman–Crippen LogP) is 4.83. The molecule has 39 heavy (non-hydrogen) atoms. The van der Waals surface area contributed by atoms with E-state index in [4.69, 9.17) is 4.43 Å². The van der Waals surface area contributed by atoms with E-state index in [2.05, 4.69) is 50.8 Å². The molecule has 0 aliphatic heterocycles. The first kappa shape index (κ1) is 30.6. The molecular weight excluding hydrogens is 504 g/mol. The van der Waals surface area contributed by atoms with Gasteiger partial charge in [-0.1, -0.05) is 81.4 Å². The van der Waals surface area contributed by atoms with Crippen molar-refractivity contribution in [2.24, 2.45) is 0 Å². The summed E-state index contributed by atoms with van der Waals surface area (Å²) >= 11 is 0. The zero-order valence-electron chi connectivity index (χ0n) is 23.7. The Morgan fingerprint density at radius 2 is 1.44 bits per heavy atom. The van der Waals surface area contributed by atoms with E-state index < -0.39 is 20.5 Å². The van der Waals surface area contributed by atoms with Crippen molar-refractivity contribution in [3.63, 3.8) is 0 Å². The van der Waals surface area contributed by atoms with Gasteiger partial charge in [0.15, 0.2) is 0 Å². The Labute approximate surface area is 233 Å². The Balaban J connectivity index is 1.97. The maximum absolute atomic E-state index is 10.8. The van der Waals surface area contributed by atoms with Crippen molar-refractivity contribution >= 4 is 18.7 Å². The Hall–Kier alpha value is -2.96. The smallest absolute Gasteiger partial charge is 0.261 e. The fraction of sp³-hybridized carbons (Fsp3) is 0.364. The number of rotatable bonds is 11. The minimum atomic E-state index is -2.80. The van der Waals surface area contributed by atoms with Crippen LogP contribution in [-0.2, 0) is 4.43 Å². The highest BCUT2D eigenvalue weighted by Crippen LogP contribution is 2.37. The second-order valence-corrected chi connectivity index (χ2v) is 15.5. The zero-order valence-corrected chi connectivity index (χ0v) is 24.7. The summed E-state index contributed by atoms with van der Waals surface area (Å²) in [5.41, 5.74) is 6.14. The van der Waals surface area contributed by atoms with Gasteiger partial charge in [0.1, 0.15) is 5.75 Å². The number of aryl methyl sites for hydroxylation is 2. The number of hydrogen-bond donors (Lipinski definition) is 4. The van der Waals surface area contributed by atoms with E-state index in [1.54, 1.807) is 18.2 Å². The summed E-state index contributed by atoms with van der Waals surface area (Å²) in [6.07, 6.45) is 0.574. The fourth-order valence-electron chi connectivity index (χ4n) is 5.10. The molecule has 4 N–H and O–H groups in total. The largest absolute Gasteiger partial charge is 0.507 e. The summed E-state index contributed by atoms with van der Waals surface area (Å²) < 4.78 is 7.00. The molecule has 6 heteroatoms. The van der Waals surface area contributed by atoms with Gasteiger partial charge in [-0.3, -0.25) is 0 Å². The monoisotopic (exact) mass is 546 g/mol. The molecule has 0 amide bonds. The summed E-state index contributed by atoms with van der Waals surface area (Å²) in [5, 5.41) is 42.8. The Morgan fingerprint density at radius 3 is 1.90 bits per heavy atom. The fourth-order valence-corrected chi connectivity index (χ4v) is 9.64. The van der Waals surface area contributed by atoms with Gasteiger partial charge in [0.25, 0.3) is 8.32 Å². The molecule has 0 aromatic heterocycles. The first-order valence-corrected chi connectivity index (χ1v) is 15.4. The average Bonchev–Trinajstić information content (AvgIpc) is 2.91. The number of aliphatic hydroxyl groups excluding tert-OH is 3. The number of aliphatic hydroxyl groups is 3. The van der Waals surface area contributed by atoms with Crippen LogP contribution in [0.25, 0.3) is 0 Å². The summed E-state index contributed by atoms with van der Waals surface area (Å²) in [5.74, 6) is 0.238. The number of phenolic OH excluding ortho intramolecular Hbond substituents is 1. The van der Waals surface area contributed by atoms with E-state index in [-0.39, 0.29) is 30.4 Å². The number of hydrogen-bond acceptors (Lipinski definition) is 5. The highest BCUT2D eigenvalue weighted by Gasteiger charge is 2.50. The van der Waals surface area contributed by atoms with E-state index >= 15 is 0 Å². The van der Waals surface area contributed by atoms with E-state index in [0.717, 1.165) is 21.5 Å². The molecule has 0 saturated carbocycles. The first-order valence-electron chi connectivity index (χ1n) is 13.4. The molecule has 3 rings (SSSR count). The lowest BCUT2D eigenvalue weighted by Crippen LogP contribution is -2.66. The molecule has 0 radical (unpaired) electrons.